The van der Waals surface area contributed by atoms with Gasteiger partial charge in [-0.1, -0.05) is 63.5 Å². The van der Waals surface area contributed by atoms with Gasteiger partial charge in [-0.15, -0.1) is 11.6 Å². The second-order valence-electron chi connectivity index (χ2n) is 4.87. The van der Waals surface area contributed by atoms with Gasteiger partial charge in [-0.2, -0.15) is 0 Å². The van der Waals surface area contributed by atoms with Gasteiger partial charge in [0.2, 0.25) is 0 Å². The van der Waals surface area contributed by atoms with E-state index in [1.807, 2.05) is 0 Å². The van der Waals surface area contributed by atoms with E-state index in [0.29, 0.717) is 6.42 Å². The summed E-state index contributed by atoms with van der Waals surface area (Å²) in [6.07, 6.45) is 4.20. The van der Waals surface area contributed by atoms with Gasteiger partial charge in [-0.25, -0.2) is 0 Å². The molecule has 0 heterocycles. The highest BCUT2D eigenvalue weighted by Gasteiger charge is 2.22. The molecule has 4 heteroatoms. The molecule has 0 aromatic rings. The molecule has 0 aliphatic carbocycles. The highest BCUT2D eigenvalue weighted by atomic mass is 35.5. The highest BCUT2D eigenvalue weighted by Crippen LogP contribution is 2.16. The molecule has 0 unspecified atom stereocenters. The average Bonchev–Trinajstić information content (AvgIpc) is 2.49. The highest BCUT2D eigenvalue weighted by molar-refractivity contribution is 6.21. The second-order valence-corrected chi connectivity index (χ2v) is 5.43. The van der Waals surface area contributed by atoms with Crippen molar-refractivity contribution in [2.75, 3.05) is 0 Å². The van der Waals surface area contributed by atoms with Crippen LogP contribution in [0.25, 0.3) is 0 Å². The van der Waals surface area contributed by atoms with E-state index >= 15 is 0 Å². The predicted octanol–water partition coefficient (Wildman–Crippen LogP) is 2.23. The van der Waals surface area contributed by atoms with Crippen LogP contribution in [0.2, 0.25) is 0 Å². The minimum Gasteiger partial charge on any atom is -0.388 e. The number of hydrogen-bond acceptors (Lipinski definition) is 3. The van der Waals surface area contributed by atoms with Crippen LogP contribution in [0.5, 0.6) is 0 Å². The van der Waals surface area contributed by atoms with Crippen molar-refractivity contribution in [3.8, 4) is 23.7 Å². The summed E-state index contributed by atoms with van der Waals surface area (Å²) in [6, 6.07) is 0. The maximum Gasteiger partial charge on any atom is 0.142 e. The van der Waals surface area contributed by atoms with Crippen LogP contribution in [0.1, 0.15) is 45.4 Å². The quantitative estimate of drug-likeness (QED) is 0.265. The van der Waals surface area contributed by atoms with Gasteiger partial charge in [-0.3, -0.25) is 0 Å². The van der Waals surface area contributed by atoms with E-state index in [4.69, 9.17) is 16.7 Å². The fourth-order valence-electron chi connectivity index (χ4n) is 1.68. The fraction of sp³-hybridized carbons (Fsp3) is 0.647. The minimum absolute atomic E-state index is 0.525. The zero-order valence-electron chi connectivity index (χ0n) is 12.6. The molecular weight excluding hydrogens is 288 g/mol. The Balaban J connectivity index is 4.11. The van der Waals surface area contributed by atoms with Crippen LogP contribution >= 0.6 is 11.6 Å². The van der Waals surface area contributed by atoms with E-state index in [2.05, 4.69) is 37.2 Å². The molecule has 21 heavy (non-hydrogen) atoms. The van der Waals surface area contributed by atoms with E-state index in [-0.39, 0.29) is 0 Å². The van der Waals surface area contributed by atoms with E-state index in [9.17, 15) is 10.2 Å². The largest absolute Gasteiger partial charge is 0.388 e. The molecular formula is C17H25ClO3. The van der Waals surface area contributed by atoms with Crippen molar-refractivity contribution in [1.29, 1.82) is 0 Å². The maximum atomic E-state index is 9.85. The van der Waals surface area contributed by atoms with Crippen molar-refractivity contribution < 1.29 is 15.3 Å². The molecule has 0 rings (SSSR count). The average molecular weight is 313 g/mol. The van der Waals surface area contributed by atoms with Gasteiger partial charge >= 0.3 is 0 Å². The molecule has 0 bridgehead atoms. The predicted molar refractivity (Wildman–Crippen MR) is 86.8 cm³/mol. The third-order valence-electron chi connectivity index (χ3n) is 3.00. The Bertz CT molecular complexity index is 400. The van der Waals surface area contributed by atoms with Gasteiger partial charge in [0.15, 0.2) is 0 Å². The van der Waals surface area contributed by atoms with Crippen LogP contribution in [-0.2, 0) is 0 Å². The lowest BCUT2D eigenvalue weighted by molar-refractivity contribution is 0.0497. The van der Waals surface area contributed by atoms with Crippen molar-refractivity contribution in [3.05, 3.63) is 12.7 Å². The fourth-order valence-corrected chi connectivity index (χ4v) is 1.97. The molecule has 0 saturated heterocycles. The zero-order chi connectivity index (χ0) is 16.1. The van der Waals surface area contributed by atoms with E-state index in [1.54, 1.807) is 0 Å². The Labute approximate surface area is 133 Å². The molecule has 3 N–H and O–H groups in total. The second kappa shape index (κ2) is 12.7. The summed E-state index contributed by atoms with van der Waals surface area (Å²) in [4.78, 5) is 0. The van der Waals surface area contributed by atoms with Gasteiger partial charge < -0.3 is 15.3 Å². The topological polar surface area (TPSA) is 60.7 Å². The molecule has 3 nitrogen and oxygen atoms in total. The van der Waals surface area contributed by atoms with Gasteiger partial charge in [0, 0.05) is 0 Å². The van der Waals surface area contributed by atoms with E-state index < -0.39 is 23.7 Å². The number of rotatable bonds is 9. The summed E-state index contributed by atoms with van der Waals surface area (Å²) in [7, 11) is 0. The molecule has 4 atom stereocenters. The Morgan fingerprint density at radius 1 is 1.05 bits per heavy atom. The normalized spacial score (nSPS) is 15.7. The van der Waals surface area contributed by atoms with E-state index in [0.717, 1.165) is 12.8 Å². The lowest BCUT2D eigenvalue weighted by Gasteiger charge is -2.18. The molecule has 0 saturated carbocycles. The number of unbranched alkanes of at least 4 members (excludes halogenated alkanes) is 4. The number of alkyl halides is 1. The standard InChI is InChI=1S/C17H25ClO3/c1-3-5-6-7-8-12-15(18)17(21)16(20)13-10-9-11-14(19)4-2/h4,14-17,19-21H,2-3,5-8,12H2,1H3/t14-,15+,16-,17-/m0/s1. The third-order valence-corrected chi connectivity index (χ3v) is 3.48. The van der Waals surface area contributed by atoms with Gasteiger partial charge in [0.05, 0.1) is 5.38 Å². The van der Waals surface area contributed by atoms with Crippen molar-refractivity contribution in [2.24, 2.45) is 0 Å². The van der Waals surface area contributed by atoms with Gasteiger partial charge in [-0.05, 0) is 18.3 Å². The van der Waals surface area contributed by atoms with E-state index in [1.165, 1.54) is 25.3 Å². The summed E-state index contributed by atoms with van der Waals surface area (Å²) >= 11 is 6.06. The molecule has 0 aromatic carbocycles. The Morgan fingerprint density at radius 2 is 1.67 bits per heavy atom. The number of halogens is 1. The molecule has 0 spiro atoms. The Kier molecular flexibility index (Phi) is 12.2. The molecule has 0 amide bonds. The van der Waals surface area contributed by atoms with Gasteiger partial charge in [0.1, 0.15) is 18.3 Å². The Morgan fingerprint density at radius 3 is 2.29 bits per heavy atom. The van der Waals surface area contributed by atoms with Crippen LogP contribution < -0.4 is 0 Å². The monoisotopic (exact) mass is 312 g/mol. The lowest BCUT2D eigenvalue weighted by atomic mass is 10.0. The van der Waals surface area contributed by atoms with Crippen molar-refractivity contribution in [2.45, 2.75) is 69.1 Å². The summed E-state index contributed by atoms with van der Waals surface area (Å²) < 4.78 is 0. The van der Waals surface area contributed by atoms with Crippen LogP contribution in [0, 0.1) is 23.7 Å². The SMILES string of the molecule is C=C[C@H](O)C#CC#C[C@H](O)[C@@H](O)[C@H](Cl)CCCCCCC. The minimum atomic E-state index is -1.24. The summed E-state index contributed by atoms with van der Waals surface area (Å²) in [5, 5.41) is 28.1. The first-order chi connectivity index (χ1) is 10.0. The summed E-state index contributed by atoms with van der Waals surface area (Å²) in [6.45, 7) is 5.52. The number of hydrogen-bond donors (Lipinski definition) is 3. The van der Waals surface area contributed by atoms with Crippen molar-refractivity contribution in [3.63, 3.8) is 0 Å². The van der Waals surface area contributed by atoms with Crippen LogP contribution in [0.4, 0.5) is 0 Å². The van der Waals surface area contributed by atoms with Crippen molar-refractivity contribution in [1.82, 2.24) is 0 Å². The first-order valence-electron chi connectivity index (χ1n) is 7.34. The molecule has 0 aliphatic heterocycles. The molecule has 0 fully saturated rings. The number of aliphatic hydroxyl groups is 3. The van der Waals surface area contributed by atoms with Crippen molar-refractivity contribution >= 4 is 11.6 Å². The zero-order valence-corrected chi connectivity index (χ0v) is 13.3. The number of aliphatic hydroxyl groups excluding tert-OH is 3. The van der Waals surface area contributed by atoms with Crippen LogP contribution in [-0.4, -0.2) is 39.0 Å². The lowest BCUT2D eigenvalue weighted by Crippen LogP contribution is -2.33. The molecule has 0 radical (unpaired) electrons. The smallest absolute Gasteiger partial charge is 0.142 e. The van der Waals surface area contributed by atoms with Gasteiger partial charge in [0.25, 0.3) is 0 Å². The Hall–Kier alpha value is -0.970. The first kappa shape index (κ1) is 20.0. The van der Waals surface area contributed by atoms with Crippen LogP contribution in [0.3, 0.4) is 0 Å². The third kappa shape index (κ3) is 10.4. The molecule has 118 valence electrons. The summed E-state index contributed by atoms with van der Waals surface area (Å²) in [5.41, 5.74) is 0. The van der Waals surface area contributed by atoms with Crippen LogP contribution in [0.15, 0.2) is 12.7 Å². The summed E-state index contributed by atoms with van der Waals surface area (Å²) in [5.74, 6) is 9.57. The first-order valence-corrected chi connectivity index (χ1v) is 7.78. The maximum absolute atomic E-state index is 9.85. The molecule has 0 aliphatic rings. The molecule has 0 aromatic heterocycles.